The first-order chi connectivity index (χ1) is 7.97. The highest BCUT2D eigenvalue weighted by Gasteiger charge is 2.17. The molecule has 5 nitrogen and oxygen atoms in total. The standard InChI is InChI=1S/C12H10O5/c1-3-10(13)17-12(16)9-6-4-5-8(7(9)2)11(14)15/h3-6H,1H2,2H3,(H,14,15). The Morgan fingerprint density at radius 1 is 1.29 bits per heavy atom. The molecule has 0 heterocycles. The molecule has 5 heteroatoms. The van der Waals surface area contributed by atoms with E-state index in [4.69, 9.17) is 5.11 Å². The first-order valence-corrected chi connectivity index (χ1v) is 4.69. The molecule has 0 amide bonds. The maximum Gasteiger partial charge on any atom is 0.346 e. The van der Waals surface area contributed by atoms with Gasteiger partial charge in [-0.1, -0.05) is 12.6 Å². The Morgan fingerprint density at radius 2 is 1.88 bits per heavy atom. The van der Waals surface area contributed by atoms with Crippen LogP contribution in [-0.4, -0.2) is 23.0 Å². The molecule has 0 unspecified atom stereocenters. The van der Waals surface area contributed by atoms with Crippen LogP contribution in [0.15, 0.2) is 30.9 Å². The highest BCUT2D eigenvalue weighted by atomic mass is 16.6. The summed E-state index contributed by atoms with van der Waals surface area (Å²) in [4.78, 5) is 33.2. The molecule has 0 radical (unpaired) electrons. The molecular weight excluding hydrogens is 224 g/mol. The Kier molecular flexibility index (Phi) is 3.77. The summed E-state index contributed by atoms with van der Waals surface area (Å²) >= 11 is 0. The number of ether oxygens (including phenoxy) is 1. The number of esters is 2. The zero-order valence-corrected chi connectivity index (χ0v) is 9.10. The highest BCUT2D eigenvalue weighted by molar-refractivity contribution is 6.02. The Bertz CT molecular complexity index is 502. The van der Waals surface area contributed by atoms with Crippen LogP contribution in [0.3, 0.4) is 0 Å². The van der Waals surface area contributed by atoms with Gasteiger partial charge in [0.15, 0.2) is 0 Å². The summed E-state index contributed by atoms with van der Waals surface area (Å²) in [5.41, 5.74) is 0.285. The van der Waals surface area contributed by atoms with Crippen molar-refractivity contribution in [3.05, 3.63) is 47.5 Å². The molecule has 17 heavy (non-hydrogen) atoms. The van der Waals surface area contributed by atoms with Crippen molar-refractivity contribution in [1.29, 1.82) is 0 Å². The summed E-state index contributed by atoms with van der Waals surface area (Å²) in [5, 5.41) is 8.86. The maximum absolute atomic E-state index is 11.5. The fourth-order valence-corrected chi connectivity index (χ4v) is 1.28. The van der Waals surface area contributed by atoms with Gasteiger partial charge in [-0.3, -0.25) is 0 Å². The number of carbonyl (C=O) groups excluding carboxylic acids is 2. The second-order valence-corrected chi connectivity index (χ2v) is 3.20. The van der Waals surface area contributed by atoms with Crippen LogP contribution in [0, 0.1) is 6.92 Å². The fraction of sp³-hybridized carbons (Fsp3) is 0.0833. The van der Waals surface area contributed by atoms with Crippen LogP contribution in [-0.2, 0) is 9.53 Å². The van der Waals surface area contributed by atoms with Crippen molar-refractivity contribution in [3.63, 3.8) is 0 Å². The first-order valence-electron chi connectivity index (χ1n) is 4.69. The van der Waals surface area contributed by atoms with E-state index in [9.17, 15) is 14.4 Å². The number of rotatable bonds is 3. The van der Waals surface area contributed by atoms with Gasteiger partial charge in [0, 0.05) is 6.08 Å². The van der Waals surface area contributed by atoms with Gasteiger partial charge >= 0.3 is 17.9 Å². The lowest BCUT2D eigenvalue weighted by Gasteiger charge is -2.06. The maximum atomic E-state index is 11.5. The predicted molar refractivity (Wildman–Crippen MR) is 58.8 cm³/mol. The molecule has 1 rings (SSSR count). The number of carboxylic acids is 1. The van der Waals surface area contributed by atoms with Crippen molar-refractivity contribution >= 4 is 17.9 Å². The monoisotopic (exact) mass is 234 g/mol. The quantitative estimate of drug-likeness (QED) is 0.487. The van der Waals surface area contributed by atoms with Gasteiger partial charge < -0.3 is 9.84 Å². The van der Waals surface area contributed by atoms with Crippen molar-refractivity contribution in [2.75, 3.05) is 0 Å². The average Bonchev–Trinajstić information content (AvgIpc) is 2.28. The van der Waals surface area contributed by atoms with Gasteiger partial charge in [0.1, 0.15) is 0 Å². The molecule has 0 saturated carbocycles. The molecule has 0 spiro atoms. The van der Waals surface area contributed by atoms with Gasteiger partial charge in [-0.15, -0.1) is 0 Å². The van der Waals surface area contributed by atoms with Crippen molar-refractivity contribution in [2.24, 2.45) is 0 Å². The normalized spacial score (nSPS) is 9.47. The smallest absolute Gasteiger partial charge is 0.346 e. The molecule has 0 aliphatic carbocycles. The van der Waals surface area contributed by atoms with Gasteiger partial charge in [0.25, 0.3) is 0 Å². The first kappa shape index (κ1) is 12.6. The van der Waals surface area contributed by atoms with Crippen molar-refractivity contribution in [1.82, 2.24) is 0 Å². The highest BCUT2D eigenvalue weighted by Crippen LogP contribution is 2.15. The number of hydrogen-bond acceptors (Lipinski definition) is 4. The molecule has 88 valence electrons. The van der Waals surface area contributed by atoms with Crippen LogP contribution < -0.4 is 0 Å². The van der Waals surface area contributed by atoms with E-state index in [2.05, 4.69) is 11.3 Å². The van der Waals surface area contributed by atoms with E-state index >= 15 is 0 Å². The third kappa shape index (κ3) is 2.78. The molecule has 0 bridgehead atoms. The van der Waals surface area contributed by atoms with Gasteiger partial charge in [-0.05, 0) is 24.6 Å². The zero-order chi connectivity index (χ0) is 13.0. The lowest BCUT2D eigenvalue weighted by Crippen LogP contribution is -2.13. The van der Waals surface area contributed by atoms with Crippen LogP contribution in [0.5, 0.6) is 0 Å². The summed E-state index contributed by atoms with van der Waals surface area (Å²) in [5.74, 6) is -2.92. The molecule has 0 aliphatic heterocycles. The van der Waals surface area contributed by atoms with Crippen molar-refractivity contribution in [2.45, 2.75) is 6.92 Å². The van der Waals surface area contributed by atoms with Crippen LogP contribution in [0.1, 0.15) is 26.3 Å². The van der Waals surface area contributed by atoms with Crippen LogP contribution in [0.25, 0.3) is 0 Å². The third-order valence-corrected chi connectivity index (χ3v) is 2.14. The molecule has 1 aromatic carbocycles. The number of aromatic carboxylic acids is 1. The van der Waals surface area contributed by atoms with E-state index in [1.807, 2.05) is 0 Å². The number of hydrogen-bond donors (Lipinski definition) is 1. The summed E-state index contributed by atoms with van der Waals surface area (Å²) in [6, 6.07) is 4.16. The van der Waals surface area contributed by atoms with Gasteiger partial charge in [-0.2, -0.15) is 0 Å². The SMILES string of the molecule is C=CC(=O)OC(=O)c1cccc(C(=O)O)c1C. The van der Waals surface area contributed by atoms with E-state index in [0.717, 1.165) is 6.08 Å². The molecule has 0 atom stereocenters. The summed E-state index contributed by atoms with van der Waals surface area (Å²) in [7, 11) is 0. The molecule has 0 fully saturated rings. The Morgan fingerprint density at radius 3 is 2.41 bits per heavy atom. The fourth-order valence-electron chi connectivity index (χ4n) is 1.28. The van der Waals surface area contributed by atoms with Crippen molar-refractivity contribution < 1.29 is 24.2 Å². The van der Waals surface area contributed by atoms with E-state index in [-0.39, 0.29) is 16.7 Å². The van der Waals surface area contributed by atoms with E-state index in [0.29, 0.717) is 0 Å². The molecular formula is C12H10O5. The minimum Gasteiger partial charge on any atom is -0.478 e. The second-order valence-electron chi connectivity index (χ2n) is 3.20. The molecule has 0 saturated heterocycles. The summed E-state index contributed by atoms with van der Waals surface area (Å²) in [6.07, 6.45) is 0.855. The van der Waals surface area contributed by atoms with Gasteiger partial charge in [0.2, 0.25) is 0 Å². The number of carboxylic acid groups (broad SMARTS) is 1. The molecule has 0 aliphatic rings. The average molecular weight is 234 g/mol. The Hall–Kier alpha value is -2.43. The number of benzene rings is 1. The minimum absolute atomic E-state index is 0.00879. The minimum atomic E-state index is -1.15. The largest absolute Gasteiger partial charge is 0.478 e. The van der Waals surface area contributed by atoms with E-state index in [1.165, 1.54) is 25.1 Å². The lowest BCUT2D eigenvalue weighted by atomic mass is 10.0. The van der Waals surface area contributed by atoms with Crippen LogP contribution >= 0.6 is 0 Å². The van der Waals surface area contributed by atoms with Crippen molar-refractivity contribution in [3.8, 4) is 0 Å². The third-order valence-electron chi connectivity index (χ3n) is 2.14. The van der Waals surface area contributed by atoms with Gasteiger partial charge in [0.05, 0.1) is 11.1 Å². The number of carbonyl (C=O) groups is 3. The van der Waals surface area contributed by atoms with E-state index in [1.54, 1.807) is 0 Å². The zero-order valence-electron chi connectivity index (χ0n) is 9.10. The second kappa shape index (κ2) is 5.07. The molecule has 1 aromatic rings. The summed E-state index contributed by atoms with van der Waals surface area (Å²) in [6.45, 7) is 4.63. The van der Waals surface area contributed by atoms with E-state index < -0.39 is 17.9 Å². The van der Waals surface area contributed by atoms with Crippen LogP contribution in [0.2, 0.25) is 0 Å². The summed E-state index contributed by atoms with van der Waals surface area (Å²) < 4.78 is 4.41. The molecule has 1 N–H and O–H groups in total. The Labute approximate surface area is 97.3 Å². The Balaban J connectivity index is 3.11. The molecule has 0 aromatic heterocycles. The van der Waals surface area contributed by atoms with Crippen LogP contribution in [0.4, 0.5) is 0 Å². The lowest BCUT2D eigenvalue weighted by molar-refractivity contribution is -0.132. The topological polar surface area (TPSA) is 80.7 Å². The predicted octanol–water partition coefficient (Wildman–Crippen LogP) is 1.56. The van der Waals surface area contributed by atoms with Gasteiger partial charge in [-0.25, -0.2) is 14.4 Å².